The Morgan fingerprint density at radius 3 is 2.79 bits per heavy atom. The lowest BCUT2D eigenvalue weighted by Gasteiger charge is -2.17. The summed E-state index contributed by atoms with van der Waals surface area (Å²) in [6, 6.07) is 7.81. The summed E-state index contributed by atoms with van der Waals surface area (Å²) in [7, 11) is 3.99. The van der Waals surface area contributed by atoms with Gasteiger partial charge in [0.25, 0.3) is 0 Å². The number of rotatable bonds is 6. The van der Waals surface area contributed by atoms with Crippen LogP contribution in [0.2, 0.25) is 0 Å². The molecule has 4 aromatic rings. The summed E-state index contributed by atoms with van der Waals surface area (Å²) in [5, 5.41) is 13.9. The Morgan fingerprint density at radius 1 is 1.27 bits per heavy atom. The highest BCUT2D eigenvalue weighted by Crippen LogP contribution is 2.39. The number of carbonyl (C=O) groups excluding carboxylic acids is 1. The number of thiophene rings is 1. The SMILES string of the molecule is CCc1nc2sc3c(c2c2nnc(SCC(=O)Nc4ccc(N(C)C)cc4)n12)CCC(C)C3. The summed E-state index contributed by atoms with van der Waals surface area (Å²) in [6.07, 6.45) is 4.17. The van der Waals surface area contributed by atoms with Crippen molar-refractivity contribution in [2.75, 3.05) is 30.1 Å². The van der Waals surface area contributed by atoms with Crippen molar-refractivity contribution in [2.45, 2.75) is 44.7 Å². The van der Waals surface area contributed by atoms with Gasteiger partial charge in [-0.1, -0.05) is 25.6 Å². The molecule has 0 saturated heterocycles. The van der Waals surface area contributed by atoms with Gasteiger partial charge in [0.2, 0.25) is 5.91 Å². The minimum Gasteiger partial charge on any atom is -0.378 e. The van der Waals surface area contributed by atoms with E-state index in [0.29, 0.717) is 5.92 Å². The molecule has 0 aliphatic heterocycles. The van der Waals surface area contributed by atoms with Crippen LogP contribution in [0.5, 0.6) is 0 Å². The zero-order valence-corrected chi connectivity index (χ0v) is 21.0. The average Bonchev–Trinajstić information content (AvgIpc) is 3.38. The van der Waals surface area contributed by atoms with Crippen LogP contribution in [0, 0.1) is 5.92 Å². The molecular formula is C24H28N6OS2. The molecule has 3 heterocycles. The van der Waals surface area contributed by atoms with Crippen molar-refractivity contribution in [3.8, 4) is 0 Å². The molecule has 0 bridgehead atoms. The van der Waals surface area contributed by atoms with E-state index in [1.165, 1.54) is 28.6 Å². The normalized spacial score (nSPS) is 15.7. The van der Waals surface area contributed by atoms with E-state index in [2.05, 4.69) is 33.8 Å². The third kappa shape index (κ3) is 4.19. The van der Waals surface area contributed by atoms with E-state index in [-0.39, 0.29) is 11.7 Å². The Hall–Kier alpha value is -2.65. The quantitative estimate of drug-likeness (QED) is 0.399. The van der Waals surface area contributed by atoms with E-state index in [1.807, 2.05) is 54.6 Å². The molecule has 1 amide bonds. The Balaban J connectivity index is 1.39. The smallest absolute Gasteiger partial charge is 0.234 e. The van der Waals surface area contributed by atoms with Crippen LogP contribution in [0.15, 0.2) is 29.4 Å². The van der Waals surface area contributed by atoms with Crippen LogP contribution in [-0.2, 0) is 24.1 Å². The highest BCUT2D eigenvalue weighted by Gasteiger charge is 2.25. The van der Waals surface area contributed by atoms with Gasteiger partial charge in [-0.15, -0.1) is 21.5 Å². The lowest BCUT2D eigenvalue weighted by Crippen LogP contribution is -2.15. The molecule has 1 unspecified atom stereocenters. The van der Waals surface area contributed by atoms with Gasteiger partial charge in [-0.3, -0.25) is 9.20 Å². The van der Waals surface area contributed by atoms with Crippen LogP contribution in [0.4, 0.5) is 11.4 Å². The first-order valence-corrected chi connectivity index (χ1v) is 13.1. The van der Waals surface area contributed by atoms with Crippen molar-refractivity contribution in [3.63, 3.8) is 0 Å². The number of aromatic nitrogens is 4. The van der Waals surface area contributed by atoms with Gasteiger partial charge < -0.3 is 10.2 Å². The average molecular weight is 481 g/mol. The molecule has 9 heteroatoms. The molecule has 7 nitrogen and oxygen atoms in total. The molecule has 0 radical (unpaired) electrons. The highest BCUT2D eigenvalue weighted by molar-refractivity contribution is 7.99. The summed E-state index contributed by atoms with van der Waals surface area (Å²) in [4.78, 5) is 22.1. The van der Waals surface area contributed by atoms with Crippen LogP contribution in [0.3, 0.4) is 0 Å². The van der Waals surface area contributed by atoms with Crippen LogP contribution in [0.1, 0.15) is 36.5 Å². The number of thioether (sulfide) groups is 1. The van der Waals surface area contributed by atoms with Crippen molar-refractivity contribution in [1.29, 1.82) is 0 Å². The second-order valence-corrected chi connectivity index (χ2v) is 10.9. The lowest BCUT2D eigenvalue weighted by atomic mass is 9.89. The predicted octanol–water partition coefficient (Wildman–Crippen LogP) is 4.82. The predicted molar refractivity (Wildman–Crippen MR) is 137 cm³/mol. The van der Waals surface area contributed by atoms with Crippen molar-refractivity contribution in [2.24, 2.45) is 5.92 Å². The second kappa shape index (κ2) is 8.95. The fraction of sp³-hybridized carbons (Fsp3) is 0.417. The number of amides is 1. The molecule has 0 fully saturated rings. The number of benzene rings is 1. The number of anilines is 2. The molecule has 172 valence electrons. The number of fused-ring (bicyclic) bond motifs is 5. The van der Waals surface area contributed by atoms with Gasteiger partial charge in [0, 0.05) is 36.8 Å². The summed E-state index contributed by atoms with van der Waals surface area (Å²) >= 11 is 3.22. The first kappa shape index (κ1) is 22.2. The maximum atomic E-state index is 12.6. The number of nitrogens with zero attached hydrogens (tertiary/aromatic N) is 5. The minimum atomic E-state index is -0.0664. The van der Waals surface area contributed by atoms with Crippen molar-refractivity contribution in [1.82, 2.24) is 19.6 Å². The van der Waals surface area contributed by atoms with Crippen LogP contribution in [0.25, 0.3) is 15.9 Å². The Kier molecular flexibility index (Phi) is 6.01. The Morgan fingerprint density at radius 2 is 2.06 bits per heavy atom. The van der Waals surface area contributed by atoms with Crippen LogP contribution >= 0.6 is 23.1 Å². The van der Waals surface area contributed by atoms with E-state index < -0.39 is 0 Å². The third-order valence-corrected chi connectivity index (χ3v) is 8.23. The first-order chi connectivity index (χ1) is 15.9. The summed E-state index contributed by atoms with van der Waals surface area (Å²) in [5.74, 6) is 1.85. The fourth-order valence-electron chi connectivity index (χ4n) is 4.38. The van der Waals surface area contributed by atoms with Gasteiger partial charge in [-0.2, -0.15) is 0 Å². The van der Waals surface area contributed by atoms with Crippen molar-refractivity contribution >= 4 is 56.2 Å². The zero-order valence-electron chi connectivity index (χ0n) is 19.4. The van der Waals surface area contributed by atoms with Gasteiger partial charge in [0.1, 0.15) is 10.7 Å². The van der Waals surface area contributed by atoms with E-state index in [0.717, 1.165) is 57.5 Å². The van der Waals surface area contributed by atoms with Gasteiger partial charge in [0.15, 0.2) is 10.8 Å². The van der Waals surface area contributed by atoms with Crippen molar-refractivity contribution in [3.05, 3.63) is 40.5 Å². The number of hydrogen-bond donors (Lipinski definition) is 1. The van der Waals surface area contributed by atoms with E-state index >= 15 is 0 Å². The zero-order chi connectivity index (χ0) is 23.1. The van der Waals surface area contributed by atoms with E-state index in [1.54, 1.807) is 0 Å². The van der Waals surface area contributed by atoms with Gasteiger partial charge in [-0.25, -0.2) is 4.98 Å². The molecule has 0 saturated carbocycles. The molecule has 33 heavy (non-hydrogen) atoms. The van der Waals surface area contributed by atoms with E-state index in [9.17, 15) is 4.79 Å². The maximum Gasteiger partial charge on any atom is 0.234 e. The second-order valence-electron chi connectivity index (χ2n) is 8.83. The third-order valence-electron chi connectivity index (χ3n) is 6.15. The lowest BCUT2D eigenvalue weighted by molar-refractivity contribution is -0.113. The van der Waals surface area contributed by atoms with Gasteiger partial charge in [-0.05, 0) is 55.0 Å². The topological polar surface area (TPSA) is 75.4 Å². The first-order valence-electron chi connectivity index (χ1n) is 11.3. The number of aryl methyl sites for hydroxylation is 2. The van der Waals surface area contributed by atoms with Crippen LogP contribution < -0.4 is 10.2 Å². The molecule has 1 N–H and O–H groups in total. The number of carbonyl (C=O) groups is 1. The summed E-state index contributed by atoms with van der Waals surface area (Å²) in [6.45, 7) is 4.42. The van der Waals surface area contributed by atoms with E-state index in [4.69, 9.17) is 4.98 Å². The summed E-state index contributed by atoms with van der Waals surface area (Å²) in [5.41, 5.74) is 4.16. The maximum absolute atomic E-state index is 12.6. The molecule has 1 aliphatic rings. The van der Waals surface area contributed by atoms with Crippen LogP contribution in [-0.4, -0.2) is 45.3 Å². The number of hydrogen-bond acceptors (Lipinski definition) is 7. The fourth-order valence-corrected chi connectivity index (χ4v) is 6.53. The van der Waals surface area contributed by atoms with Gasteiger partial charge in [0.05, 0.1) is 11.1 Å². The van der Waals surface area contributed by atoms with Crippen molar-refractivity contribution < 1.29 is 4.79 Å². The molecule has 1 aliphatic carbocycles. The molecule has 5 rings (SSSR count). The van der Waals surface area contributed by atoms with Gasteiger partial charge >= 0.3 is 0 Å². The molecular weight excluding hydrogens is 452 g/mol. The largest absolute Gasteiger partial charge is 0.378 e. The monoisotopic (exact) mass is 480 g/mol. The highest BCUT2D eigenvalue weighted by atomic mass is 32.2. The minimum absolute atomic E-state index is 0.0664. The number of nitrogens with one attached hydrogen (secondary N) is 1. The standard InChI is InChI=1S/C24H28N6OS2/c1-5-19-26-23-21(17-11-6-14(2)12-18(17)33-23)22-27-28-24(30(19)22)32-13-20(31)25-15-7-9-16(10-8-15)29(3)4/h7-10,14H,5-6,11-13H2,1-4H3,(H,25,31). The molecule has 0 spiro atoms. The Labute approximate surface area is 201 Å². The summed E-state index contributed by atoms with van der Waals surface area (Å²) < 4.78 is 2.05. The molecule has 3 aromatic heterocycles. The molecule has 1 aromatic carbocycles. The Bertz CT molecular complexity index is 1320. The molecule has 1 atom stereocenters.